The Morgan fingerprint density at radius 2 is 1.93 bits per heavy atom. The highest BCUT2D eigenvalue weighted by molar-refractivity contribution is 6.32. The third-order valence-corrected chi connectivity index (χ3v) is 5.29. The van der Waals surface area contributed by atoms with Gasteiger partial charge in [-0.1, -0.05) is 18.5 Å². The summed E-state index contributed by atoms with van der Waals surface area (Å²) in [6, 6.07) is 3.27. The van der Waals surface area contributed by atoms with E-state index in [-0.39, 0.29) is 17.9 Å². The highest BCUT2D eigenvalue weighted by atomic mass is 35.5. The lowest BCUT2D eigenvalue weighted by Gasteiger charge is -2.35. The summed E-state index contributed by atoms with van der Waals surface area (Å²) in [5, 5.41) is 0.350. The van der Waals surface area contributed by atoms with Gasteiger partial charge in [0.15, 0.2) is 11.5 Å². The van der Waals surface area contributed by atoms with Gasteiger partial charge in [-0.2, -0.15) is 0 Å². The number of rotatable bonds is 6. The summed E-state index contributed by atoms with van der Waals surface area (Å²) < 4.78 is 16.5. The molecule has 0 aliphatic carbocycles. The number of carbonyl (C=O) groups excluding carboxylic acids is 2. The van der Waals surface area contributed by atoms with Crippen molar-refractivity contribution in [2.24, 2.45) is 0 Å². The molecule has 2 aliphatic rings. The molecular formula is C20H27ClN2O5. The summed E-state index contributed by atoms with van der Waals surface area (Å²) in [6.07, 6.45) is 2.23. The maximum atomic E-state index is 12.9. The van der Waals surface area contributed by atoms with Gasteiger partial charge >= 0.3 is 0 Å². The number of benzene rings is 1. The van der Waals surface area contributed by atoms with Gasteiger partial charge in [0, 0.05) is 38.3 Å². The lowest BCUT2D eigenvalue weighted by atomic mass is 10.1. The minimum absolute atomic E-state index is 0.0340. The zero-order chi connectivity index (χ0) is 20.1. The number of hydrogen-bond donors (Lipinski definition) is 0. The van der Waals surface area contributed by atoms with Crippen LogP contribution in [0.4, 0.5) is 0 Å². The standard InChI is InChI=1S/C20H27ClN2O5/c1-3-10-28-18-15(21)12-14(13-17(18)26-2)19(24)22-6-8-23(9-7-22)20(25)16-5-4-11-27-16/h12-13,16H,3-11H2,1-2H3/t16-/m0/s1. The van der Waals surface area contributed by atoms with E-state index < -0.39 is 0 Å². The van der Waals surface area contributed by atoms with E-state index in [0.29, 0.717) is 61.5 Å². The Morgan fingerprint density at radius 1 is 1.21 bits per heavy atom. The summed E-state index contributed by atoms with van der Waals surface area (Å²) in [5.41, 5.74) is 0.449. The first-order valence-electron chi connectivity index (χ1n) is 9.75. The van der Waals surface area contributed by atoms with Gasteiger partial charge in [0.1, 0.15) is 6.10 Å². The summed E-state index contributed by atoms with van der Waals surface area (Å²) in [6.45, 7) is 5.14. The maximum absolute atomic E-state index is 12.9. The summed E-state index contributed by atoms with van der Waals surface area (Å²) in [4.78, 5) is 28.9. The van der Waals surface area contributed by atoms with Crippen LogP contribution in [0.5, 0.6) is 11.5 Å². The molecule has 1 aromatic rings. The van der Waals surface area contributed by atoms with Gasteiger partial charge < -0.3 is 24.0 Å². The van der Waals surface area contributed by atoms with Gasteiger partial charge in [-0.3, -0.25) is 9.59 Å². The van der Waals surface area contributed by atoms with E-state index in [0.717, 1.165) is 19.3 Å². The highest BCUT2D eigenvalue weighted by Crippen LogP contribution is 2.37. The number of amides is 2. The van der Waals surface area contributed by atoms with Crippen LogP contribution >= 0.6 is 11.6 Å². The monoisotopic (exact) mass is 410 g/mol. The van der Waals surface area contributed by atoms with Crippen molar-refractivity contribution in [1.29, 1.82) is 0 Å². The summed E-state index contributed by atoms with van der Waals surface area (Å²) in [7, 11) is 1.52. The molecule has 28 heavy (non-hydrogen) atoms. The van der Waals surface area contributed by atoms with E-state index in [1.54, 1.807) is 21.9 Å². The molecule has 3 rings (SSSR count). The van der Waals surface area contributed by atoms with Crippen molar-refractivity contribution in [3.05, 3.63) is 22.7 Å². The Hall–Kier alpha value is -1.99. The van der Waals surface area contributed by atoms with Crippen molar-refractivity contribution in [3.63, 3.8) is 0 Å². The molecule has 0 aromatic heterocycles. The maximum Gasteiger partial charge on any atom is 0.254 e. The largest absolute Gasteiger partial charge is 0.493 e. The number of hydrogen-bond acceptors (Lipinski definition) is 5. The van der Waals surface area contributed by atoms with Crippen molar-refractivity contribution >= 4 is 23.4 Å². The Kier molecular flexibility index (Phi) is 7.02. The van der Waals surface area contributed by atoms with Crippen molar-refractivity contribution in [1.82, 2.24) is 9.80 Å². The Bertz CT molecular complexity index is 713. The molecule has 8 heteroatoms. The van der Waals surface area contributed by atoms with E-state index in [1.165, 1.54) is 7.11 Å². The number of piperazine rings is 1. The second kappa shape index (κ2) is 9.47. The topological polar surface area (TPSA) is 68.3 Å². The van der Waals surface area contributed by atoms with Crippen molar-refractivity contribution in [3.8, 4) is 11.5 Å². The summed E-state index contributed by atoms with van der Waals surface area (Å²) >= 11 is 6.33. The molecule has 2 fully saturated rings. The second-order valence-electron chi connectivity index (χ2n) is 6.96. The van der Waals surface area contributed by atoms with Crippen LogP contribution in [0.15, 0.2) is 12.1 Å². The number of methoxy groups -OCH3 is 1. The smallest absolute Gasteiger partial charge is 0.254 e. The van der Waals surface area contributed by atoms with Crippen LogP contribution in [0.25, 0.3) is 0 Å². The fraction of sp³-hybridized carbons (Fsp3) is 0.600. The number of ether oxygens (including phenoxy) is 3. The van der Waals surface area contributed by atoms with Crippen LogP contribution in [0, 0.1) is 0 Å². The molecule has 0 bridgehead atoms. The molecule has 154 valence electrons. The van der Waals surface area contributed by atoms with Gasteiger partial charge in [-0.25, -0.2) is 0 Å². The molecule has 0 unspecified atom stereocenters. The predicted molar refractivity (Wildman–Crippen MR) is 105 cm³/mol. The molecule has 0 spiro atoms. The molecular weight excluding hydrogens is 384 g/mol. The van der Waals surface area contributed by atoms with Crippen molar-refractivity contribution < 1.29 is 23.8 Å². The van der Waals surface area contributed by atoms with Gasteiger partial charge in [-0.15, -0.1) is 0 Å². The van der Waals surface area contributed by atoms with Gasteiger partial charge in [0.25, 0.3) is 11.8 Å². The first-order valence-corrected chi connectivity index (χ1v) is 10.1. The first-order chi connectivity index (χ1) is 13.5. The predicted octanol–water partition coefficient (Wildman–Crippen LogP) is 2.60. The van der Waals surface area contributed by atoms with Crippen LogP contribution < -0.4 is 9.47 Å². The van der Waals surface area contributed by atoms with E-state index >= 15 is 0 Å². The first kappa shape index (κ1) is 20.7. The third-order valence-electron chi connectivity index (χ3n) is 5.01. The average Bonchev–Trinajstić information content (AvgIpc) is 3.26. The van der Waals surface area contributed by atoms with E-state index in [1.807, 2.05) is 6.92 Å². The van der Waals surface area contributed by atoms with Gasteiger partial charge in [0.05, 0.1) is 18.7 Å². The molecule has 7 nitrogen and oxygen atoms in total. The summed E-state index contributed by atoms with van der Waals surface area (Å²) in [5.74, 6) is 0.796. The van der Waals surface area contributed by atoms with Crippen LogP contribution in [0.3, 0.4) is 0 Å². The number of halogens is 1. The molecule has 0 saturated carbocycles. The Balaban J connectivity index is 1.64. The molecule has 0 N–H and O–H groups in total. The molecule has 1 atom stereocenters. The van der Waals surface area contributed by atoms with Crippen LogP contribution in [0.2, 0.25) is 5.02 Å². The van der Waals surface area contributed by atoms with Crippen LogP contribution in [-0.2, 0) is 9.53 Å². The van der Waals surface area contributed by atoms with E-state index in [9.17, 15) is 9.59 Å². The molecule has 2 aliphatic heterocycles. The minimum atomic E-state index is -0.319. The quantitative estimate of drug-likeness (QED) is 0.721. The average molecular weight is 411 g/mol. The normalized spacial score (nSPS) is 19.6. The number of nitrogens with zero attached hydrogens (tertiary/aromatic N) is 2. The number of carbonyl (C=O) groups is 2. The third kappa shape index (κ3) is 4.52. The van der Waals surface area contributed by atoms with E-state index in [4.69, 9.17) is 25.8 Å². The van der Waals surface area contributed by atoms with Gasteiger partial charge in [-0.05, 0) is 31.4 Å². The van der Waals surface area contributed by atoms with Crippen LogP contribution in [0.1, 0.15) is 36.5 Å². The molecule has 2 amide bonds. The van der Waals surface area contributed by atoms with Gasteiger partial charge in [0.2, 0.25) is 0 Å². The SMILES string of the molecule is CCCOc1c(Cl)cc(C(=O)N2CCN(C(=O)[C@@H]3CCCO3)CC2)cc1OC. The fourth-order valence-electron chi connectivity index (χ4n) is 3.48. The fourth-order valence-corrected chi connectivity index (χ4v) is 3.74. The molecule has 2 heterocycles. The molecule has 0 radical (unpaired) electrons. The van der Waals surface area contributed by atoms with Crippen molar-refractivity contribution in [2.45, 2.75) is 32.3 Å². The molecule has 1 aromatic carbocycles. The van der Waals surface area contributed by atoms with Crippen LogP contribution in [-0.4, -0.2) is 74.2 Å². The highest BCUT2D eigenvalue weighted by Gasteiger charge is 2.31. The molecule has 2 saturated heterocycles. The lowest BCUT2D eigenvalue weighted by molar-refractivity contribution is -0.142. The van der Waals surface area contributed by atoms with E-state index in [2.05, 4.69) is 0 Å². The lowest BCUT2D eigenvalue weighted by Crippen LogP contribution is -2.52. The minimum Gasteiger partial charge on any atom is -0.493 e. The zero-order valence-electron chi connectivity index (χ0n) is 16.4. The second-order valence-corrected chi connectivity index (χ2v) is 7.36. The Labute approximate surface area is 170 Å². The Morgan fingerprint density at radius 3 is 2.54 bits per heavy atom. The van der Waals surface area contributed by atoms with Crippen molar-refractivity contribution in [2.75, 3.05) is 46.5 Å². The zero-order valence-corrected chi connectivity index (χ0v) is 17.2.